The molecule has 0 radical (unpaired) electrons. The number of azo groups is 1. The Bertz CT molecular complexity index is 1080. The van der Waals surface area contributed by atoms with Crippen molar-refractivity contribution < 1.29 is 9.59 Å². The summed E-state index contributed by atoms with van der Waals surface area (Å²) >= 11 is 0. The summed E-state index contributed by atoms with van der Waals surface area (Å²) in [5.74, 6) is -0.0848. The first-order valence-electron chi connectivity index (χ1n) is 12.5. The quantitative estimate of drug-likeness (QED) is 0.133. The van der Waals surface area contributed by atoms with Crippen LogP contribution < -0.4 is 10.0 Å². The third-order valence-electron chi connectivity index (χ3n) is 6.68. The Morgan fingerprint density at radius 2 is 1.23 bits per heavy atom. The van der Waals surface area contributed by atoms with Crippen molar-refractivity contribution in [3.63, 3.8) is 0 Å². The molecule has 0 fully saturated rings. The molecule has 184 valence electrons. The number of hydrogen-bond acceptors (Lipinski definition) is 5. The highest BCUT2D eigenvalue weighted by molar-refractivity contribution is 5.76. The molecule has 0 saturated heterocycles. The molecule has 0 heterocycles. The van der Waals surface area contributed by atoms with Crippen molar-refractivity contribution in [3.8, 4) is 0 Å². The Balaban J connectivity index is 1.62. The van der Waals surface area contributed by atoms with Gasteiger partial charge < -0.3 is 14.5 Å². The summed E-state index contributed by atoms with van der Waals surface area (Å²) in [6, 6.07) is 25.9. The van der Waals surface area contributed by atoms with Gasteiger partial charge in [0.1, 0.15) is 6.54 Å². The number of aliphatic imine (C=N–C) groups is 1. The Morgan fingerprint density at radius 3 is 1.74 bits per heavy atom. The van der Waals surface area contributed by atoms with Gasteiger partial charge in [-0.3, -0.25) is 4.99 Å². The Labute approximate surface area is 209 Å². The highest BCUT2D eigenvalue weighted by atomic mass is 16.3. The summed E-state index contributed by atoms with van der Waals surface area (Å²) in [7, 11) is 0. The van der Waals surface area contributed by atoms with Gasteiger partial charge in [0.15, 0.2) is 0 Å². The number of benzene rings is 3. The van der Waals surface area contributed by atoms with Crippen LogP contribution in [0.4, 0.5) is 22.7 Å². The summed E-state index contributed by atoms with van der Waals surface area (Å²) < 4.78 is 0.760. The lowest BCUT2D eigenvalue weighted by Crippen LogP contribution is -2.53. The van der Waals surface area contributed by atoms with Crippen LogP contribution in [0.2, 0.25) is 0 Å². The van der Waals surface area contributed by atoms with Gasteiger partial charge in [-0.05, 0) is 81.8 Å². The van der Waals surface area contributed by atoms with Gasteiger partial charge in [0.05, 0.1) is 36.7 Å². The third kappa shape index (κ3) is 7.49. The van der Waals surface area contributed by atoms with E-state index in [-0.39, 0.29) is 5.90 Å². The normalized spacial score (nSPS) is 12.3. The van der Waals surface area contributed by atoms with Crippen molar-refractivity contribution >= 4 is 28.6 Å². The molecule has 6 heteroatoms. The zero-order chi connectivity index (χ0) is 25.1. The van der Waals surface area contributed by atoms with Crippen molar-refractivity contribution in [3.05, 3.63) is 84.4 Å². The molecule has 0 N–H and O–H groups in total. The summed E-state index contributed by atoms with van der Waals surface area (Å²) in [6.07, 6.45) is 0. The number of nitrogens with zero attached hydrogens (tertiary/aromatic N) is 5. The fourth-order valence-electron chi connectivity index (χ4n) is 4.10. The van der Waals surface area contributed by atoms with Crippen LogP contribution in [0, 0.1) is 0 Å². The van der Waals surface area contributed by atoms with Gasteiger partial charge in [-0.2, -0.15) is 10.2 Å². The smallest absolute Gasteiger partial charge is 0.108 e. The molecule has 0 spiro atoms. The second kappa shape index (κ2) is 12.8. The van der Waals surface area contributed by atoms with E-state index in [0.717, 1.165) is 54.3 Å². The van der Waals surface area contributed by atoms with Crippen molar-refractivity contribution in [2.24, 2.45) is 15.2 Å². The van der Waals surface area contributed by atoms with Gasteiger partial charge in [0, 0.05) is 24.7 Å². The van der Waals surface area contributed by atoms with E-state index >= 15 is 0 Å². The minimum atomic E-state index is -0.0848. The monoisotopic (exact) mass is 471 g/mol. The maximum Gasteiger partial charge on any atom is 0.108 e. The maximum absolute atomic E-state index is 12.5. The summed E-state index contributed by atoms with van der Waals surface area (Å²) in [6.45, 7) is 13.5. The minimum absolute atomic E-state index is 0.0848. The standard InChI is InChI=1S/C29H37N5O/c1-5-33(22-24-12-10-9-11-13-24)28-20-18-27(19-21-28)32-31-26-16-14-25(15-17-26)30-29(35)23-34(6-2,7-3)8-4/h9-21H,5-8,22-23H2,1-4H3. The highest BCUT2D eigenvalue weighted by Gasteiger charge is 2.20. The number of hydrogen-bond donors (Lipinski definition) is 0. The molecule has 6 nitrogen and oxygen atoms in total. The second-order valence-corrected chi connectivity index (χ2v) is 8.69. The van der Waals surface area contributed by atoms with E-state index in [4.69, 9.17) is 0 Å². The molecule has 3 aromatic rings. The number of anilines is 1. The average molecular weight is 472 g/mol. The molecule has 3 rings (SSSR count). The molecule has 0 saturated carbocycles. The molecule has 3 aromatic carbocycles. The van der Waals surface area contributed by atoms with Crippen LogP contribution in [0.1, 0.15) is 33.3 Å². The SMILES string of the molecule is CCN(Cc1ccccc1)c1ccc(N=Nc2ccc(N=C([O-])C[N+](CC)(CC)CC)cc2)cc1. The number of quaternary nitrogens is 1. The molecule has 0 aliphatic rings. The van der Waals surface area contributed by atoms with Gasteiger partial charge in [-0.25, -0.2) is 0 Å². The van der Waals surface area contributed by atoms with E-state index in [2.05, 4.69) is 84.2 Å². The predicted molar refractivity (Wildman–Crippen MR) is 144 cm³/mol. The summed E-state index contributed by atoms with van der Waals surface area (Å²) in [5, 5.41) is 21.2. The molecule has 0 atom stereocenters. The Morgan fingerprint density at radius 1 is 0.714 bits per heavy atom. The zero-order valence-corrected chi connectivity index (χ0v) is 21.4. The van der Waals surface area contributed by atoms with Crippen molar-refractivity contribution in [2.75, 3.05) is 37.6 Å². The van der Waals surface area contributed by atoms with E-state index < -0.39 is 0 Å². The molecule has 0 unspecified atom stereocenters. The van der Waals surface area contributed by atoms with Crippen molar-refractivity contribution in [1.29, 1.82) is 0 Å². The number of likely N-dealkylation sites (N-methyl/N-ethyl adjacent to an activating group) is 1. The van der Waals surface area contributed by atoms with Crippen molar-refractivity contribution in [1.82, 2.24) is 0 Å². The van der Waals surface area contributed by atoms with Crippen LogP contribution in [0.5, 0.6) is 0 Å². The van der Waals surface area contributed by atoms with Crippen LogP contribution in [-0.4, -0.2) is 43.1 Å². The third-order valence-corrected chi connectivity index (χ3v) is 6.68. The van der Waals surface area contributed by atoms with Crippen LogP contribution >= 0.6 is 0 Å². The Kier molecular flexibility index (Phi) is 9.56. The second-order valence-electron chi connectivity index (χ2n) is 8.69. The molecular weight excluding hydrogens is 434 g/mol. The Hall–Kier alpha value is -3.51. The van der Waals surface area contributed by atoms with Crippen LogP contribution in [0.3, 0.4) is 0 Å². The van der Waals surface area contributed by atoms with E-state index in [1.54, 1.807) is 0 Å². The molecular formula is C29H37N5O. The maximum atomic E-state index is 12.5. The first-order valence-corrected chi connectivity index (χ1v) is 12.5. The predicted octanol–water partition coefficient (Wildman–Crippen LogP) is 6.40. The van der Waals surface area contributed by atoms with Gasteiger partial charge in [-0.15, -0.1) is 0 Å². The van der Waals surface area contributed by atoms with E-state index in [1.165, 1.54) is 5.56 Å². The molecule has 0 aliphatic carbocycles. The molecule has 0 aromatic heterocycles. The topological polar surface area (TPSA) is 63.4 Å². The average Bonchev–Trinajstić information content (AvgIpc) is 2.91. The lowest BCUT2D eigenvalue weighted by atomic mass is 10.2. The van der Waals surface area contributed by atoms with Crippen LogP contribution in [0.25, 0.3) is 0 Å². The van der Waals surface area contributed by atoms with Gasteiger partial charge in [-0.1, -0.05) is 30.3 Å². The fraction of sp³-hybridized carbons (Fsp3) is 0.345. The van der Waals surface area contributed by atoms with Crippen LogP contribution in [-0.2, 0) is 6.54 Å². The largest absolute Gasteiger partial charge is 0.858 e. The minimum Gasteiger partial charge on any atom is -0.858 e. The highest BCUT2D eigenvalue weighted by Crippen LogP contribution is 2.25. The van der Waals surface area contributed by atoms with Gasteiger partial charge >= 0.3 is 0 Å². The lowest BCUT2D eigenvalue weighted by molar-refractivity contribution is -0.916. The first-order chi connectivity index (χ1) is 17.0. The summed E-state index contributed by atoms with van der Waals surface area (Å²) in [5.41, 5.74) is 4.61. The van der Waals surface area contributed by atoms with E-state index in [1.807, 2.05) is 42.5 Å². The zero-order valence-electron chi connectivity index (χ0n) is 21.4. The van der Waals surface area contributed by atoms with Crippen molar-refractivity contribution in [2.45, 2.75) is 34.2 Å². The number of rotatable bonds is 12. The van der Waals surface area contributed by atoms with Crippen LogP contribution in [0.15, 0.2) is 94.1 Å². The molecule has 0 bridgehead atoms. The van der Waals surface area contributed by atoms with Gasteiger partial charge in [0.2, 0.25) is 0 Å². The molecule has 0 aliphatic heterocycles. The van der Waals surface area contributed by atoms with E-state index in [0.29, 0.717) is 12.2 Å². The first kappa shape index (κ1) is 26.1. The molecule has 35 heavy (non-hydrogen) atoms. The molecule has 0 amide bonds. The summed E-state index contributed by atoms with van der Waals surface area (Å²) in [4.78, 5) is 6.60. The van der Waals surface area contributed by atoms with Gasteiger partial charge in [0.25, 0.3) is 0 Å². The lowest BCUT2D eigenvalue weighted by Gasteiger charge is -2.37. The van der Waals surface area contributed by atoms with E-state index in [9.17, 15) is 5.11 Å². The fourth-order valence-corrected chi connectivity index (χ4v) is 4.10.